The van der Waals surface area contributed by atoms with Crippen LogP contribution in [0.15, 0.2) is 51.9 Å². The summed E-state index contributed by atoms with van der Waals surface area (Å²) in [7, 11) is 0. The zero-order valence-corrected chi connectivity index (χ0v) is 17.2. The number of benzene rings is 1. The number of rotatable bonds is 11. The number of hydrogen-bond donors (Lipinski definition) is 3. The number of aliphatic hydroxyl groups is 1. The van der Waals surface area contributed by atoms with Gasteiger partial charge in [-0.15, -0.1) is 0 Å². The highest BCUT2D eigenvalue weighted by Gasteiger charge is 2.26. The molecule has 1 atom stereocenters. The van der Waals surface area contributed by atoms with Crippen LogP contribution in [-0.2, 0) is 16.9 Å². The minimum absolute atomic E-state index is 0.218. The molecule has 28 heavy (non-hydrogen) atoms. The van der Waals surface area contributed by atoms with Crippen molar-refractivity contribution in [1.82, 2.24) is 10.6 Å². The Kier molecular flexibility index (Phi) is 9.04. The number of hydrogen-bond acceptors (Lipinski definition) is 4. The summed E-state index contributed by atoms with van der Waals surface area (Å²) in [5.74, 6) is 2.00. The molecule has 1 heterocycles. The Morgan fingerprint density at radius 2 is 1.93 bits per heavy atom. The van der Waals surface area contributed by atoms with E-state index in [1.165, 1.54) is 5.56 Å². The van der Waals surface area contributed by atoms with Gasteiger partial charge in [0.15, 0.2) is 5.96 Å². The number of guanidine groups is 1. The normalized spacial score (nSPS) is 13.9. The smallest absolute Gasteiger partial charge is 0.191 e. The highest BCUT2D eigenvalue weighted by atomic mass is 16.5. The van der Waals surface area contributed by atoms with Crippen molar-refractivity contribution in [2.24, 2.45) is 4.99 Å². The summed E-state index contributed by atoms with van der Waals surface area (Å²) in [6.45, 7) is 8.74. The fourth-order valence-corrected chi connectivity index (χ4v) is 2.68. The van der Waals surface area contributed by atoms with E-state index in [4.69, 9.17) is 9.15 Å². The molecule has 3 N–H and O–H groups in total. The molecule has 154 valence electrons. The predicted octanol–water partition coefficient (Wildman–Crippen LogP) is 3.35. The Morgan fingerprint density at radius 3 is 2.61 bits per heavy atom. The van der Waals surface area contributed by atoms with E-state index < -0.39 is 5.60 Å². The van der Waals surface area contributed by atoms with E-state index in [9.17, 15) is 5.11 Å². The number of aryl methyl sites for hydroxylation is 1. The van der Waals surface area contributed by atoms with Crippen LogP contribution >= 0.6 is 0 Å². The van der Waals surface area contributed by atoms with Gasteiger partial charge in [0.25, 0.3) is 0 Å². The molecule has 0 aliphatic carbocycles. The van der Waals surface area contributed by atoms with Crippen LogP contribution in [0.1, 0.15) is 43.8 Å². The van der Waals surface area contributed by atoms with Gasteiger partial charge in [-0.05, 0) is 51.3 Å². The van der Waals surface area contributed by atoms with Gasteiger partial charge in [-0.2, -0.15) is 0 Å². The fraction of sp³-hybridized carbons (Fsp3) is 0.500. The van der Waals surface area contributed by atoms with Crippen LogP contribution in [0, 0.1) is 6.92 Å². The third-order valence-electron chi connectivity index (χ3n) is 4.28. The second-order valence-electron chi connectivity index (χ2n) is 7.05. The first kappa shape index (κ1) is 22.0. The third-order valence-corrected chi connectivity index (χ3v) is 4.28. The molecule has 0 spiro atoms. The molecule has 0 amide bonds. The van der Waals surface area contributed by atoms with E-state index in [1.54, 1.807) is 13.0 Å². The minimum atomic E-state index is -1.14. The highest BCUT2D eigenvalue weighted by molar-refractivity contribution is 5.79. The van der Waals surface area contributed by atoms with Crippen LogP contribution in [-0.4, -0.2) is 37.3 Å². The molecule has 1 aromatic heterocycles. The first-order chi connectivity index (χ1) is 13.5. The Balaban J connectivity index is 1.68. The lowest BCUT2D eigenvalue weighted by atomic mass is 10.0. The maximum Gasteiger partial charge on any atom is 0.191 e. The van der Waals surface area contributed by atoms with Gasteiger partial charge >= 0.3 is 0 Å². The van der Waals surface area contributed by atoms with Crippen molar-refractivity contribution in [3.05, 3.63) is 59.5 Å². The molecule has 1 aromatic carbocycles. The van der Waals surface area contributed by atoms with Gasteiger partial charge in [0.05, 0.1) is 13.2 Å². The average molecular weight is 388 g/mol. The lowest BCUT2D eigenvalue weighted by Gasteiger charge is -2.19. The number of ether oxygens (including phenoxy) is 1. The van der Waals surface area contributed by atoms with E-state index in [0.29, 0.717) is 18.3 Å². The molecule has 0 radical (unpaired) electrons. The Morgan fingerprint density at radius 1 is 1.14 bits per heavy atom. The fourth-order valence-electron chi connectivity index (χ4n) is 2.68. The van der Waals surface area contributed by atoms with Crippen molar-refractivity contribution >= 4 is 5.96 Å². The number of aliphatic imine (C=N–C) groups is 1. The van der Waals surface area contributed by atoms with Crippen molar-refractivity contribution in [2.45, 2.75) is 45.8 Å². The zero-order valence-electron chi connectivity index (χ0n) is 17.2. The molecule has 6 nitrogen and oxygen atoms in total. The van der Waals surface area contributed by atoms with Crippen molar-refractivity contribution in [2.75, 3.05) is 26.2 Å². The number of nitrogens with one attached hydrogen (secondary N) is 2. The Hall–Kier alpha value is -2.31. The molecular weight excluding hydrogens is 354 g/mol. The van der Waals surface area contributed by atoms with Crippen LogP contribution < -0.4 is 10.6 Å². The van der Waals surface area contributed by atoms with Crippen LogP contribution in [0.2, 0.25) is 0 Å². The third kappa shape index (κ3) is 7.74. The van der Waals surface area contributed by atoms with Crippen LogP contribution in [0.5, 0.6) is 0 Å². The SMILES string of the molecule is CCNC(=NCC(C)(O)c1ccc(C)o1)NCCCCOCc1ccccc1. The monoisotopic (exact) mass is 387 g/mol. The summed E-state index contributed by atoms with van der Waals surface area (Å²) >= 11 is 0. The summed E-state index contributed by atoms with van der Waals surface area (Å²) in [5, 5.41) is 17.1. The van der Waals surface area contributed by atoms with Gasteiger partial charge in [0, 0.05) is 19.7 Å². The van der Waals surface area contributed by atoms with Crippen molar-refractivity contribution in [3.8, 4) is 0 Å². The second-order valence-corrected chi connectivity index (χ2v) is 7.05. The van der Waals surface area contributed by atoms with Gasteiger partial charge < -0.3 is 24.9 Å². The topological polar surface area (TPSA) is 79.0 Å². The summed E-state index contributed by atoms with van der Waals surface area (Å²) in [6.07, 6.45) is 1.95. The van der Waals surface area contributed by atoms with Crippen molar-refractivity contribution < 1.29 is 14.3 Å². The van der Waals surface area contributed by atoms with Crippen molar-refractivity contribution in [1.29, 1.82) is 0 Å². The molecule has 1 unspecified atom stereocenters. The molecule has 0 bridgehead atoms. The molecule has 0 fully saturated rings. The molecule has 0 saturated heterocycles. The largest absolute Gasteiger partial charge is 0.463 e. The standard InChI is InChI=1S/C22H33N3O3/c1-4-23-21(25-17-22(3,26)20-13-12-18(2)28-20)24-14-8-9-15-27-16-19-10-6-5-7-11-19/h5-7,10-13,26H,4,8-9,14-17H2,1-3H3,(H2,23,24,25). The van der Waals surface area contributed by atoms with Gasteiger partial charge in [-0.3, -0.25) is 0 Å². The van der Waals surface area contributed by atoms with Gasteiger partial charge in [-0.1, -0.05) is 30.3 Å². The minimum Gasteiger partial charge on any atom is -0.463 e. The molecule has 0 aliphatic heterocycles. The lowest BCUT2D eigenvalue weighted by Crippen LogP contribution is -2.39. The van der Waals surface area contributed by atoms with E-state index in [1.807, 2.05) is 38.1 Å². The highest BCUT2D eigenvalue weighted by Crippen LogP contribution is 2.23. The summed E-state index contributed by atoms with van der Waals surface area (Å²) in [6, 6.07) is 13.8. The molecule has 0 saturated carbocycles. The zero-order chi connectivity index (χ0) is 20.2. The van der Waals surface area contributed by atoms with E-state index in [2.05, 4.69) is 27.8 Å². The first-order valence-electron chi connectivity index (χ1n) is 9.94. The quantitative estimate of drug-likeness (QED) is 0.313. The van der Waals surface area contributed by atoms with Crippen LogP contribution in [0.4, 0.5) is 0 Å². The van der Waals surface area contributed by atoms with E-state index in [0.717, 1.165) is 38.3 Å². The van der Waals surface area contributed by atoms with Crippen molar-refractivity contribution in [3.63, 3.8) is 0 Å². The summed E-state index contributed by atoms with van der Waals surface area (Å²) in [5.41, 5.74) is 0.0584. The molecule has 2 rings (SSSR count). The van der Waals surface area contributed by atoms with E-state index in [-0.39, 0.29) is 6.54 Å². The van der Waals surface area contributed by atoms with Gasteiger partial charge in [0.2, 0.25) is 0 Å². The van der Waals surface area contributed by atoms with Gasteiger partial charge in [0.1, 0.15) is 17.1 Å². The number of nitrogens with zero attached hydrogens (tertiary/aromatic N) is 1. The maximum atomic E-state index is 10.6. The molecule has 2 aromatic rings. The average Bonchev–Trinajstić information content (AvgIpc) is 3.13. The van der Waals surface area contributed by atoms with E-state index >= 15 is 0 Å². The molecule has 6 heteroatoms. The predicted molar refractivity (Wildman–Crippen MR) is 112 cm³/mol. The Labute approximate surface area is 168 Å². The second kappa shape index (κ2) is 11.5. The van der Waals surface area contributed by atoms with Gasteiger partial charge in [-0.25, -0.2) is 4.99 Å². The lowest BCUT2D eigenvalue weighted by molar-refractivity contribution is 0.0428. The molecule has 0 aliphatic rings. The number of unbranched alkanes of at least 4 members (excludes halogenated alkanes) is 1. The first-order valence-corrected chi connectivity index (χ1v) is 9.94. The van der Waals surface area contributed by atoms with Crippen LogP contribution in [0.25, 0.3) is 0 Å². The maximum absolute atomic E-state index is 10.6. The molecular formula is C22H33N3O3. The van der Waals surface area contributed by atoms with Crippen LogP contribution in [0.3, 0.4) is 0 Å². The summed E-state index contributed by atoms with van der Waals surface area (Å²) in [4.78, 5) is 4.50. The Bertz CT molecular complexity index is 711. The summed E-state index contributed by atoms with van der Waals surface area (Å²) < 4.78 is 11.2. The number of furan rings is 1.